The van der Waals surface area contributed by atoms with E-state index in [1.165, 1.54) is 4.80 Å². The Morgan fingerprint density at radius 1 is 1.47 bits per heavy atom. The van der Waals surface area contributed by atoms with Crippen LogP contribution in [0, 0.1) is 0 Å². The van der Waals surface area contributed by atoms with Gasteiger partial charge in [0.2, 0.25) is 5.82 Å². The Hall–Kier alpha value is -2.17. The topological polar surface area (TPSA) is 69.6 Å². The van der Waals surface area contributed by atoms with Crippen LogP contribution in [0.3, 0.4) is 0 Å². The lowest BCUT2D eigenvalue weighted by atomic mass is 10.2. The van der Waals surface area contributed by atoms with Crippen molar-refractivity contribution in [1.82, 2.24) is 20.2 Å². The Bertz CT molecular complexity index is 474. The zero-order valence-electron chi connectivity index (χ0n) is 8.17. The number of nitrogens with zero attached hydrogens (tertiary/aromatic N) is 4. The fourth-order valence-electron chi connectivity index (χ4n) is 1.23. The summed E-state index contributed by atoms with van der Waals surface area (Å²) < 4.78 is 0. The summed E-state index contributed by atoms with van der Waals surface area (Å²) in [5, 5.41) is 12.0. The molecular formula is C10H11N5. The first-order valence-corrected chi connectivity index (χ1v) is 4.54. The first-order valence-electron chi connectivity index (χ1n) is 4.54. The van der Waals surface area contributed by atoms with E-state index in [9.17, 15) is 0 Å². The van der Waals surface area contributed by atoms with Crippen molar-refractivity contribution in [3.05, 3.63) is 36.9 Å². The van der Waals surface area contributed by atoms with Gasteiger partial charge in [-0.15, -0.1) is 16.8 Å². The molecule has 0 radical (unpaired) electrons. The van der Waals surface area contributed by atoms with Crippen molar-refractivity contribution < 1.29 is 0 Å². The predicted octanol–water partition coefficient (Wildman–Crippen LogP) is 1.11. The first kappa shape index (κ1) is 9.39. The van der Waals surface area contributed by atoms with Crippen LogP contribution in [-0.4, -0.2) is 20.2 Å². The van der Waals surface area contributed by atoms with E-state index in [0.29, 0.717) is 18.1 Å². The number of benzene rings is 1. The third kappa shape index (κ3) is 2.01. The van der Waals surface area contributed by atoms with Gasteiger partial charge in [-0.05, 0) is 17.3 Å². The van der Waals surface area contributed by atoms with E-state index in [0.717, 1.165) is 5.56 Å². The molecule has 1 aromatic heterocycles. The third-order valence-corrected chi connectivity index (χ3v) is 1.89. The van der Waals surface area contributed by atoms with Crippen LogP contribution < -0.4 is 5.73 Å². The summed E-state index contributed by atoms with van der Waals surface area (Å²) >= 11 is 0. The summed E-state index contributed by atoms with van der Waals surface area (Å²) in [6.07, 6.45) is 1.71. The molecule has 0 fully saturated rings. The Morgan fingerprint density at radius 3 is 3.07 bits per heavy atom. The number of aromatic nitrogens is 4. The molecule has 0 aliphatic heterocycles. The zero-order valence-corrected chi connectivity index (χ0v) is 8.17. The highest BCUT2D eigenvalue weighted by molar-refractivity contribution is 5.60. The van der Waals surface area contributed by atoms with E-state index >= 15 is 0 Å². The van der Waals surface area contributed by atoms with Gasteiger partial charge in [0, 0.05) is 11.3 Å². The molecule has 0 atom stereocenters. The highest BCUT2D eigenvalue weighted by Crippen LogP contribution is 2.16. The van der Waals surface area contributed by atoms with Gasteiger partial charge >= 0.3 is 0 Å². The van der Waals surface area contributed by atoms with E-state index < -0.39 is 0 Å². The van der Waals surface area contributed by atoms with Crippen molar-refractivity contribution in [3.63, 3.8) is 0 Å². The minimum Gasteiger partial charge on any atom is -0.399 e. The van der Waals surface area contributed by atoms with E-state index in [1.54, 1.807) is 6.08 Å². The van der Waals surface area contributed by atoms with Gasteiger partial charge in [-0.2, -0.15) is 4.80 Å². The second kappa shape index (κ2) is 3.91. The molecule has 5 heteroatoms. The number of rotatable bonds is 3. The van der Waals surface area contributed by atoms with Crippen molar-refractivity contribution in [2.45, 2.75) is 6.54 Å². The minimum absolute atomic E-state index is 0.551. The summed E-state index contributed by atoms with van der Waals surface area (Å²) in [5.41, 5.74) is 7.22. The molecule has 2 N–H and O–H groups in total. The maximum absolute atomic E-state index is 5.66. The van der Waals surface area contributed by atoms with Gasteiger partial charge in [0.15, 0.2) is 0 Å². The quantitative estimate of drug-likeness (QED) is 0.596. The lowest BCUT2D eigenvalue weighted by Gasteiger charge is -1.95. The fourth-order valence-corrected chi connectivity index (χ4v) is 1.23. The molecule has 0 amide bonds. The second-order valence-electron chi connectivity index (χ2n) is 3.08. The van der Waals surface area contributed by atoms with E-state index in [4.69, 9.17) is 5.73 Å². The van der Waals surface area contributed by atoms with Crippen LogP contribution in [0.2, 0.25) is 0 Å². The smallest absolute Gasteiger partial charge is 0.205 e. The predicted molar refractivity (Wildman–Crippen MR) is 57.9 cm³/mol. The van der Waals surface area contributed by atoms with Crippen LogP contribution in [0.5, 0.6) is 0 Å². The van der Waals surface area contributed by atoms with Crippen molar-refractivity contribution in [3.8, 4) is 11.4 Å². The van der Waals surface area contributed by atoms with E-state index in [2.05, 4.69) is 22.0 Å². The summed E-state index contributed by atoms with van der Waals surface area (Å²) in [5.74, 6) is 0.573. The maximum Gasteiger partial charge on any atom is 0.205 e. The molecular weight excluding hydrogens is 190 g/mol. The van der Waals surface area contributed by atoms with Gasteiger partial charge in [0.1, 0.15) is 0 Å². The number of nitrogen functional groups attached to an aromatic ring is 1. The lowest BCUT2D eigenvalue weighted by Crippen LogP contribution is -1.99. The first-order chi connectivity index (χ1) is 7.29. The molecule has 1 aromatic carbocycles. The number of tetrazole rings is 1. The molecule has 0 aliphatic carbocycles. The van der Waals surface area contributed by atoms with Gasteiger partial charge in [-0.1, -0.05) is 18.2 Å². The highest BCUT2D eigenvalue weighted by atomic mass is 15.6. The molecule has 0 unspecified atom stereocenters. The average molecular weight is 201 g/mol. The molecule has 2 aromatic rings. The Morgan fingerprint density at radius 2 is 2.33 bits per heavy atom. The molecule has 0 spiro atoms. The van der Waals surface area contributed by atoms with Gasteiger partial charge in [-0.25, -0.2) is 0 Å². The van der Waals surface area contributed by atoms with Crippen LogP contribution in [0.4, 0.5) is 5.69 Å². The van der Waals surface area contributed by atoms with E-state index in [1.807, 2.05) is 24.3 Å². The van der Waals surface area contributed by atoms with Gasteiger partial charge in [-0.3, -0.25) is 0 Å². The molecule has 15 heavy (non-hydrogen) atoms. The number of allylic oxidation sites excluding steroid dienone is 1. The van der Waals surface area contributed by atoms with E-state index in [-0.39, 0.29) is 0 Å². The molecule has 5 nitrogen and oxygen atoms in total. The van der Waals surface area contributed by atoms with Crippen molar-refractivity contribution in [1.29, 1.82) is 0 Å². The van der Waals surface area contributed by atoms with Crippen LogP contribution in [0.1, 0.15) is 0 Å². The molecule has 0 saturated carbocycles. The van der Waals surface area contributed by atoms with Gasteiger partial charge < -0.3 is 5.73 Å². The Labute approximate surface area is 87.2 Å². The lowest BCUT2D eigenvalue weighted by molar-refractivity contribution is 0.583. The second-order valence-corrected chi connectivity index (χ2v) is 3.08. The number of anilines is 1. The van der Waals surface area contributed by atoms with Crippen molar-refractivity contribution in [2.24, 2.45) is 0 Å². The summed E-state index contributed by atoms with van der Waals surface area (Å²) in [6.45, 7) is 4.15. The van der Waals surface area contributed by atoms with Crippen LogP contribution >= 0.6 is 0 Å². The zero-order chi connectivity index (χ0) is 10.7. The van der Waals surface area contributed by atoms with Gasteiger partial charge in [0.05, 0.1) is 6.54 Å². The summed E-state index contributed by atoms with van der Waals surface area (Å²) in [6, 6.07) is 7.39. The Balaban J connectivity index is 2.32. The Kier molecular flexibility index (Phi) is 2.45. The van der Waals surface area contributed by atoms with Crippen LogP contribution in [0.25, 0.3) is 11.4 Å². The molecule has 0 bridgehead atoms. The molecule has 0 aliphatic rings. The number of hydrogen-bond acceptors (Lipinski definition) is 4. The van der Waals surface area contributed by atoms with Crippen molar-refractivity contribution >= 4 is 5.69 Å². The highest BCUT2D eigenvalue weighted by Gasteiger charge is 2.04. The molecule has 0 saturated heterocycles. The van der Waals surface area contributed by atoms with Crippen LogP contribution in [0.15, 0.2) is 36.9 Å². The van der Waals surface area contributed by atoms with Crippen molar-refractivity contribution in [2.75, 3.05) is 5.73 Å². The maximum atomic E-state index is 5.66. The minimum atomic E-state index is 0.551. The summed E-state index contributed by atoms with van der Waals surface area (Å²) in [7, 11) is 0. The number of hydrogen-bond donors (Lipinski definition) is 1. The monoisotopic (exact) mass is 201 g/mol. The summed E-state index contributed by atoms with van der Waals surface area (Å²) in [4.78, 5) is 1.48. The standard InChI is InChI=1S/C10H11N5/c1-2-6-15-13-10(12-14-15)8-4-3-5-9(11)7-8/h2-5,7H,1,6,11H2. The third-order valence-electron chi connectivity index (χ3n) is 1.89. The molecule has 2 rings (SSSR count). The SMILES string of the molecule is C=CCn1nnc(-c2cccc(N)c2)n1. The fraction of sp³-hybridized carbons (Fsp3) is 0.100. The average Bonchev–Trinajstić information content (AvgIpc) is 2.67. The van der Waals surface area contributed by atoms with Crippen LogP contribution in [-0.2, 0) is 6.54 Å². The molecule has 1 heterocycles. The normalized spacial score (nSPS) is 10.1. The van der Waals surface area contributed by atoms with Gasteiger partial charge in [0.25, 0.3) is 0 Å². The number of nitrogens with two attached hydrogens (primary N) is 1. The molecule has 76 valence electrons. The largest absolute Gasteiger partial charge is 0.399 e.